The molecular formula is C25H36N4O4. The molecule has 1 fully saturated rings. The highest BCUT2D eigenvalue weighted by Crippen LogP contribution is 2.33. The van der Waals surface area contributed by atoms with E-state index in [4.69, 9.17) is 4.74 Å². The highest BCUT2D eigenvalue weighted by molar-refractivity contribution is 5.95. The third kappa shape index (κ3) is 5.55. The maximum Gasteiger partial charge on any atom is 0.338 e. The number of hydrogen-bond acceptors (Lipinski definition) is 5. The first-order valence-corrected chi connectivity index (χ1v) is 11.8. The Bertz CT molecular complexity index is 927. The van der Waals surface area contributed by atoms with Gasteiger partial charge in [0.15, 0.2) is 0 Å². The van der Waals surface area contributed by atoms with E-state index in [1.54, 1.807) is 14.0 Å². The predicted molar refractivity (Wildman–Crippen MR) is 126 cm³/mol. The minimum Gasteiger partial charge on any atom is -0.463 e. The zero-order valence-corrected chi connectivity index (χ0v) is 20.4. The number of amides is 3. The molecule has 0 radical (unpaired) electrons. The maximum atomic E-state index is 13.2. The summed E-state index contributed by atoms with van der Waals surface area (Å²) < 4.78 is 5.43. The van der Waals surface area contributed by atoms with Crippen LogP contribution < -0.4 is 5.32 Å². The molecule has 0 saturated carbocycles. The van der Waals surface area contributed by atoms with Gasteiger partial charge in [0.25, 0.3) is 0 Å². The van der Waals surface area contributed by atoms with Crippen LogP contribution in [0.25, 0.3) is 0 Å². The van der Waals surface area contributed by atoms with Crippen molar-refractivity contribution in [1.29, 1.82) is 0 Å². The number of aryl methyl sites for hydroxylation is 1. The van der Waals surface area contributed by atoms with Gasteiger partial charge in [0.05, 0.1) is 18.2 Å². The van der Waals surface area contributed by atoms with Crippen LogP contribution in [0.1, 0.15) is 44.4 Å². The number of carbonyl (C=O) groups excluding carboxylic acids is 3. The number of esters is 1. The number of urea groups is 1. The molecule has 1 unspecified atom stereocenters. The van der Waals surface area contributed by atoms with Crippen LogP contribution in [0.15, 0.2) is 35.5 Å². The molecule has 180 valence electrons. The fourth-order valence-electron chi connectivity index (χ4n) is 4.47. The Hall–Kier alpha value is -2.87. The third-order valence-corrected chi connectivity index (χ3v) is 6.34. The third-order valence-electron chi connectivity index (χ3n) is 6.34. The molecule has 8 nitrogen and oxygen atoms in total. The number of likely N-dealkylation sites (N-methyl/N-ethyl adjacent to an activating group) is 1. The molecule has 1 aromatic carbocycles. The number of benzene rings is 1. The minimum absolute atomic E-state index is 0.0299. The van der Waals surface area contributed by atoms with Gasteiger partial charge in [-0.15, -0.1) is 0 Å². The van der Waals surface area contributed by atoms with E-state index in [9.17, 15) is 14.4 Å². The van der Waals surface area contributed by atoms with Crippen LogP contribution in [0.5, 0.6) is 0 Å². The smallest absolute Gasteiger partial charge is 0.338 e. The molecular weight excluding hydrogens is 420 g/mol. The minimum atomic E-state index is -0.574. The molecule has 3 amide bonds. The lowest BCUT2D eigenvalue weighted by molar-refractivity contribution is -0.139. The van der Waals surface area contributed by atoms with Gasteiger partial charge >= 0.3 is 12.0 Å². The summed E-state index contributed by atoms with van der Waals surface area (Å²) in [6, 6.07) is 6.92. The van der Waals surface area contributed by atoms with Crippen molar-refractivity contribution in [1.82, 2.24) is 20.0 Å². The van der Waals surface area contributed by atoms with Crippen molar-refractivity contribution in [3.05, 3.63) is 46.7 Å². The van der Waals surface area contributed by atoms with Gasteiger partial charge in [-0.2, -0.15) is 0 Å². The van der Waals surface area contributed by atoms with Gasteiger partial charge in [0.2, 0.25) is 5.91 Å². The van der Waals surface area contributed by atoms with E-state index < -0.39 is 12.0 Å². The predicted octanol–water partition coefficient (Wildman–Crippen LogP) is 2.70. The first kappa shape index (κ1) is 24.8. The second kappa shape index (κ2) is 10.8. The molecule has 1 N–H and O–H groups in total. The van der Waals surface area contributed by atoms with Crippen LogP contribution in [0.3, 0.4) is 0 Å². The number of ether oxygens (including phenoxy) is 1. The Kier molecular flexibility index (Phi) is 8.13. The van der Waals surface area contributed by atoms with Gasteiger partial charge < -0.3 is 15.0 Å². The normalized spacial score (nSPS) is 20.1. The summed E-state index contributed by atoms with van der Waals surface area (Å²) in [4.78, 5) is 44.2. The molecule has 2 aliphatic heterocycles. The van der Waals surface area contributed by atoms with Crippen molar-refractivity contribution in [2.75, 3.05) is 46.4 Å². The maximum absolute atomic E-state index is 13.2. The Labute approximate surface area is 196 Å². The van der Waals surface area contributed by atoms with Crippen LogP contribution in [0, 0.1) is 12.8 Å². The van der Waals surface area contributed by atoms with Gasteiger partial charge in [-0.25, -0.2) is 9.59 Å². The van der Waals surface area contributed by atoms with Crippen LogP contribution in [0.4, 0.5) is 4.79 Å². The molecule has 1 saturated heterocycles. The Morgan fingerprint density at radius 3 is 2.55 bits per heavy atom. The fourth-order valence-corrected chi connectivity index (χ4v) is 4.47. The van der Waals surface area contributed by atoms with Gasteiger partial charge in [-0.1, -0.05) is 38.1 Å². The molecule has 0 bridgehead atoms. The largest absolute Gasteiger partial charge is 0.463 e. The summed E-state index contributed by atoms with van der Waals surface area (Å²) in [5, 5.41) is 2.98. The van der Waals surface area contributed by atoms with E-state index in [-0.39, 0.29) is 24.5 Å². The lowest BCUT2D eigenvalue weighted by atomic mass is 9.91. The molecule has 0 spiro atoms. The second-order valence-electron chi connectivity index (χ2n) is 8.99. The first-order chi connectivity index (χ1) is 15.7. The van der Waals surface area contributed by atoms with Crippen LogP contribution in [-0.2, 0) is 14.3 Å². The Morgan fingerprint density at radius 2 is 1.88 bits per heavy atom. The molecule has 2 aliphatic rings. The highest BCUT2D eigenvalue weighted by Gasteiger charge is 2.38. The van der Waals surface area contributed by atoms with Gasteiger partial charge in [0, 0.05) is 51.4 Å². The van der Waals surface area contributed by atoms with E-state index in [1.807, 2.05) is 49.9 Å². The highest BCUT2D eigenvalue weighted by atomic mass is 16.5. The molecule has 2 heterocycles. The van der Waals surface area contributed by atoms with Crippen molar-refractivity contribution >= 4 is 17.9 Å². The van der Waals surface area contributed by atoms with Crippen molar-refractivity contribution in [3.63, 3.8) is 0 Å². The Balaban J connectivity index is 1.95. The number of hydrogen-bond donors (Lipinski definition) is 1. The van der Waals surface area contributed by atoms with Gasteiger partial charge in [0.1, 0.15) is 0 Å². The van der Waals surface area contributed by atoms with E-state index in [1.165, 1.54) is 4.90 Å². The standard InChI is InChI=1S/C25H36N4O4/c1-6-33-24(31)21-20(16-28-12-9-13-29(15-14-28)23(30)17(2)3)27(5)25(32)26-22(21)19-11-8-7-10-18(19)4/h7-8,10-11,17,22H,6,9,12-16H2,1-5H3,(H,26,32). The van der Waals surface area contributed by atoms with Crippen molar-refractivity contribution < 1.29 is 19.1 Å². The molecule has 3 rings (SSSR count). The summed E-state index contributed by atoms with van der Waals surface area (Å²) in [5.41, 5.74) is 2.98. The van der Waals surface area contributed by atoms with E-state index in [0.29, 0.717) is 30.9 Å². The topological polar surface area (TPSA) is 82.2 Å². The quantitative estimate of drug-likeness (QED) is 0.666. The lowest BCUT2D eigenvalue weighted by Crippen LogP contribution is -2.49. The van der Waals surface area contributed by atoms with E-state index >= 15 is 0 Å². The second-order valence-corrected chi connectivity index (χ2v) is 8.99. The zero-order chi connectivity index (χ0) is 24.1. The number of nitrogens with one attached hydrogen (secondary N) is 1. The lowest BCUT2D eigenvalue weighted by Gasteiger charge is -2.37. The first-order valence-electron chi connectivity index (χ1n) is 11.8. The summed E-state index contributed by atoms with van der Waals surface area (Å²) in [7, 11) is 1.68. The van der Waals surface area contributed by atoms with Crippen LogP contribution >= 0.6 is 0 Å². The van der Waals surface area contributed by atoms with E-state index in [0.717, 1.165) is 30.6 Å². The SMILES string of the molecule is CCOC(=O)C1=C(CN2CCCN(C(=O)C(C)C)CC2)N(C)C(=O)NC1c1ccccc1C. The summed E-state index contributed by atoms with van der Waals surface area (Å²) in [6.07, 6.45) is 0.845. The van der Waals surface area contributed by atoms with Crippen LogP contribution in [0.2, 0.25) is 0 Å². The molecule has 0 aliphatic carbocycles. The average Bonchev–Trinajstić information content (AvgIpc) is 3.02. The van der Waals surface area contributed by atoms with Crippen molar-refractivity contribution in [2.45, 2.75) is 40.2 Å². The summed E-state index contributed by atoms with van der Waals surface area (Å²) in [5.74, 6) is -0.284. The van der Waals surface area contributed by atoms with Crippen LogP contribution in [-0.4, -0.2) is 79.0 Å². The average molecular weight is 457 g/mol. The van der Waals surface area contributed by atoms with Gasteiger partial charge in [-0.3, -0.25) is 14.6 Å². The summed E-state index contributed by atoms with van der Waals surface area (Å²) in [6.45, 7) is 11.1. The molecule has 1 atom stereocenters. The molecule has 8 heteroatoms. The number of nitrogens with zero attached hydrogens (tertiary/aromatic N) is 3. The van der Waals surface area contributed by atoms with Gasteiger partial charge in [-0.05, 0) is 31.4 Å². The fraction of sp³-hybridized carbons (Fsp3) is 0.560. The summed E-state index contributed by atoms with van der Waals surface area (Å²) >= 11 is 0. The van der Waals surface area contributed by atoms with E-state index in [2.05, 4.69) is 10.2 Å². The van der Waals surface area contributed by atoms with Crippen molar-refractivity contribution in [2.24, 2.45) is 5.92 Å². The number of rotatable bonds is 6. The molecule has 0 aromatic heterocycles. The molecule has 1 aromatic rings. The zero-order valence-electron chi connectivity index (χ0n) is 20.4. The van der Waals surface area contributed by atoms with Crippen molar-refractivity contribution in [3.8, 4) is 0 Å². The number of carbonyl (C=O) groups is 3. The molecule has 33 heavy (non-hydrogen) atoms. The monoisotopic (exact) mass is 456 g/mol. The Morgan fingerprint density at radius 1 is 1.15 bits per heavy atom.